The van der Waals surface area contributed by atoms with Crippen LogP contribution in [0.2, 0.25) is 0 Å². The van der Waals surface area contributed by atoms with E-state index < -0.39 is 0 Å². The third kappa shape index (κ3) is 3.97. The van der Waals surface area contributed by atoms with Gasteiger partial charge in [-0.2, -0.15) is 0 Å². The molecule has 3 aromatic rings. The van der Waals surface area contributed by atoms with Crippen LogP contribution in [0, 0.1) is 6.92 Å². The molecular formula is C20H19N3S. The third-order valence-electron chi connectivity index (χ3n) is 3.85. The fourth-order valence-corrected chi connectivity index (χ4v) is 2.87. The molecule has 0 spiro atoms. The van der Waals surface area contributed by atoms with E-state index in [0.717, 1.165) is 5.69 Å². The first-order valence-electron chi connectivity index (χ1n) is 7.82. The summed E-state index contributed by atoms with van der Waals surface area (Å²) in [6.07, 6.45) is 3.47. The Morgan fingerprint density at radius 1 is 0.917 bits per heavy atom. The number of rotatable bonds is 4. The van der Waals surface area contributed by atoms with Gasteiger partial charge in [0.2, 0.25) is 0 Å². The number of nitrogens with zero attached hydrogens (tertiary/aromatic N) is 1. The molecule has 2 aromatic carbocycles. The van der Waals surface area contributed by atoms with Gasteiger partial charge in [-0.25, -0.2) is 0 Å². The monoisotopic (exact) mass is 333 g/mol. The summed E-state index contributed by atoms with van der Waals surface area (Å²) in [7, 11) is 0. The first kappa shape index (κ1) is 16.1. The van der Waals surface area contributed by atoms with Gasteiger partial charge in [0, 0.05) is 18.1 Å². The molecule has 0 saturated carbocycles. The Bertz CT molecular complexity index is 803. The summed E-state index contributed by atoms with van der Waals surface area (Å²) >= 11 is 5.51. The highest BCUT2D eigenvalue weighted by Crippen LogP contribution is 2.25. The van der Waals surface area contributed by atoms with E-state index in [1.165, 1.54) is 16.7 Å². The molecule has 120 valence electrons. The number of thiocarbonyl (C=S) groups is 1. The number of pyridine rings is 1. The van der Waals surface area contributed by atoms with E-state index in [2.05, 4.69) is 58.9 Å². The van der Waals surface area contributed by atoms with Crippen molar-refractivity contribution in [3.05, 3.63) is 95.8 Å². The molecule has 1 atom stereocenters. The smallest absolute Gasteiger partial charge is 0.171 e. The van der Waals surface area contributed by atoms with Crippen molar-refractivity contribution in [3.8, 4) is 0 Å². The number of benzene rings is 2. The van der Waals surface area contributed by atoms with Crippen LogP contribution in [0.1, 0.15) is 22.7 Å². The quantitative estimate of drug-likeness (QED) is 0.691. The number of aromatic nitrogens is 1. The zero-order chi connectivity index (χ0) is 16.8. The molecule has 0 amide bonds. The van der Waals surface area contributed by atoms with Gasteiger partial charge in [-0.1, -0.05) is 54.6 Å². The molecule has 0 saturated heterocycles. The van der Waals surface area contributed by atoms with Gasteiger partial charge in [-0.05, 0) is 48.0 Å². The zero-order valence-corrected chi connectivity index (χ0v) is 14.3. The standard InChI is InChI=1S/C20H19N3S/c1-15-7-5-6-10-18(15)19(16-8-3-2-4-9-16)23-20(24)22-17-11-13-21-14-12-17/h2-14,19H,1H3,(H2,21,22,23,24). The van der Waals surface area contributed by atoms with Gasteiger partial charge in [-0.3, -0.25) is 4.98 Å². The second-order valence-electron chi connectivity index (χ2n) is 5.53. The van der Waals surface area contributed by atoms with Crippen LogP contribution in [-0.2, 0) is 0 Å². The van der Waals surface area contributed by atoms with Crippen LogP contribution in [0.5, 0.6) is 0 Å². The second kappa shape index (κ2) is 7.70. The zero-order valence-electron chi connectivity index (χ0n) is 13.4. The average molecular weight is 333 g/mol. The van der Waals surface area contributed by atoms with Crippen molar-refractivity contribution in [1.29, 1.82) is 0 Å². The molecule has 3 rings (SSSR count). The number of hydrogen-bond donors (Lipinski definition) is 2. The van der Waals surface area contributed by atoms with Crippen molar-refractivity contribution in [2.24, 2.45) is 0 Å². The Balaban J connectivity index is 1.86. The average Bonchev–Trinajstić information content (AvgIpc) is 2.62. The molecule has 3 nitrogen and oxygen atoms in total. The van der Waals surface area contributed by atoms with Crippen molar-refractivity contribution in [3.63, 3.8) is 0 Å². The van der Waals surface area contributed by atoms with Crippen LogP contribution in [0.15, 0.2) is 79.1 Å². The predicted octanol–water partition coefficient (Wildman–Crippen LogP) is 4.47. The van der Waals surface area contributed by atoms with E-state index in [-0.39, 0.29) is 6.04 Å². The van der Waals surface area contributed by atoms with Gasteiger partial charge in [-0.15, -0.1) is 0 Å². The van der Waals surface area contributed by atoms with E-state index in [1.54, 1.807) is 12.4 Å². The molecule has 4 heteroatoms. The van der Waals surface area contributed by atoms with Crippen molar-refractivity contribution in [2.45, 2.75) is 13.0 Å². The van der Waals surface area contributed by atoms with Crippen LogP contribution in [0.25, 0.3) is 0 Å². The van der Waals surface area contributed by atoms with Crippen molar-refractivity contribution < 1.29 is 0 Å². The Morgan fingerprint density at radius 3 is 2.29 bits per heavy atom. The van der Waals surface area contributed by atoms with Crippen LogP contribution >= 0.6 is 12.2 Å². The summed E-state index contributed by atoms with van der Waals surface area (Å²) < 4.78 is 0. The van der Waals surface area contributed by atoms with Gasteiger partial charge in [0.05, 0.1) is 6.04 Å². The van der Waals surface area contributed by atoms with E-state index in [0.29, 0.717) is 5.11 Å². The maximum Gasteiger partial charge on any atom is 0.171 e. The molecule has 1 heterocycles. The summed E-state index contributed by atoms with van der Waals surface area (Å²) in [4.78, 5) is 4.02. The van der Waals surface area contributed by atoms with E-state index >= 15 is 0 Å². The second-order valence-corrected chi connectivity index (χ2v) is 5.94. The maximum absolute atomic E-state index is 5.51. The Morgan fingerprint density at radius 2 is 1.58 bits per heavy atom. The summed E-state index contributed by atoms with van der Waals surface area (Å²) in [5.74, 6) is 0. The maximum atomic E-state index is 5.51. The van der Waals surface area contributed by atoms with Crippen LogP contribution in [-0.4, -0.2) is 10.1 Å². The molecule has 1 aromatic heterocycles. The lowest BCUT2D eigenvalue weighted by molar-refractivity contribution is 0.762. The molecule has 0 aliphatic carbocycles. The predicted molar refractivity (Wildman–Crippen MR) is 103 cm³/mol. The molecule has 2 N–H and O–H groups in total. The lowest BCUT2D eigenvalue weighted by atomic mass is 9.95. The minimum Gasteiger partial charge on any atom is -0.352 e. The highest BCUT2D eigenvalue weighted by Gasteiger charge is 2.16. The molecule has 0 radical (unpaired) electrons. The number of hydrogen-bond acceptors (Lipinski definition) is 2. The first-order chi connectivity index (χ1) is 11.7. The summed E-state index contributed by atoms with van der Waals surface area (Å²) in [6, 6.07) is 22.5. The van der Waals surface area contributed by atoms with Crippen molar-refractivity contribution in [2.75, 3.05) is 5.32 Å². The number of anilines is 1. The summed E-state index contributed by atoms with van der Waals surface area (Å²) in [5, 5.41) is 7.23. The SMILES string of the molecule is Cc1ccccc1C(NC(=S)Nc1ccncc1)c1ccccc1. The van der Waals surface area contributed by atoms with Crippen molar-refractivity contribution in [1.82, 2.24) is 10.3 Å². The lowest BCUT2D eigenvalue weighted by Gasteiger charge is -2.23. The summed E-state index contributed by atoms with van der Waals surface area (Å²) in [5.41, 5.74) is 4.53. The molecule has 24 heavy (non-hydrogen) atoms. The van der Waals surface area contributed by atoms with Crippen LogP contribution < -0.4 is 10.6 Å². The highest BCUT2D eigenvalue weighted by atomic mass is 32.1. The summed E-state index contributed by atoms with van der Waals surface area (Å²) in [6.45, 7) is 2.12. The Kier molecular flexibility index (Phi) is 5.18. The van der Waals surface area contributed by atoms with Gasteiger partial charge >= 0.3 is 0 Å². The largest absolute Gasteiger partial charge is 0.352 e. The fourth-order valence-electron chi connectivity index (χ4n) is 2.63. The number of nitrogens with one attached hydrogen (secondary N) is 2. The number of aryl methyl sites for hydroxylation is 1. The third-order valence-corrected chi connectivity index (χ3v) is 4.07. The van der Waals surface area contributed by atoms with E-state index in [4.69, 9.17) is 12.2 Å². The Labute approximate surface area is 147 Å². The Hall–Kier alpha value is -2.72. The molecule has 0 fully saturated rings. The first-order valence-corrected chi connectivity index (χ1v) is 8.23. The lowest BCUT2D eigenvalue weighted by Crippen LogP contribution is -2.33. The van der Waals surface area contributed by atoms with Crippen molar-refractivity contribution >= 4 is 23.0 Å². The normalized spacial score (nSPS) is 11.5. The van der Waals surface area contributed by atoms with Gasteiger partial charge in [0.15, 0.2) is 5.11 Å². The van der Waals surface area contributed by atoms with E-state index in [9.17, 15) is 0 Å². The van der Waals surface area contributed by atoms with Crippen LogP contribution in [0.3, 0.4) is 0 Å². The molecule has 0 aliphatic rings. The van der Waals surface area contributed by atoms with Gasteiger partial charge in [0.25, 0.3) is 0 Å². The molecule has 0 bridgehead atoms. The topological polar surface area (TPSA) is 37.0 Å². The molecule has 0 aliphatic heterocycles. The van der Waals surface area contributed by atoms with E-state index in [1.807, 2.05) is 30.3 Å². The van der Waals surface area contributed by atoms with Gasteiger partial charge < -0.3 is 10.6 Å². The molecule has 1 unspecified atom stereocenters. The minimum absolute atomic E-state index is 0.00534. The van der Waals surface area contributed by atoms with Crippen LogP contribution in [0.4, 0.5) is 5.69 Å². The minimum atomic E-state index is -0.00534. The fraction of sp³-hybridized carbons (Fsp3) is 0.100. The molecular weight excluding hydrogens is 314 g/mol. The van der Waals surface area contributed by atoms with Gasteiger partial charge in [0.1, 0.15) is 0 Å². The highest BCUT2D eigenvalue weighted by molar-refractivity contribution is 7.80.